The third-order valence-corrected chi connectivity index (χ3v) is 5.51. The van der Waals surface area contributed by atoms with Gasteiger partial charge in [0, 0.05) is 30.5 Å². The number of amides is 1. The lowest BCUT2D eigenvalue weighted by Gasteiger charge is -2.36. The molecule has 0 unspecified atom stereocenters. The first kappa shape index (κ1) is 17.1. The SMILES string of the molecule is CC[C@@H](C(=O)Nc1nccs1)N1CCC(Cn2ccnc2C)CC1. The van der Waals surface area contributed by atoms with E-state index in [1.165, 1.54) is 11.3 Å². The third-order valence-electron chi connectivity index (χ3n) is 4.82. The Hall–Kier alpha value is -1.73. The molecule has 0 bridgehead atoms. The van der Waals surface area contributed by atoms with Crippen molar-refractivity contribution in [1.82, 2.24) is 19.4 Å². The second kappa shape index (κ2) is 7.90. The maximum absolute atomic E-state index is 12.5. The summed E-state index contributed by atoms with van der Waals surface area (Å²) >= 11 is 1.46. The van der Waals surface area contributed by atoms with Gasteiger partial charge in [0.2, 0.25) is 5.91 Å². The molecule has 0 aliphatic carbocycles. The zero-order valence-corrected chi connectivity index (χ0v) is 15.1. The van der Waals surface area contributed by atoms with E-state index in [-0.39, 0.29) is 11.9 Å². The van der Waals surface area contributed by atoms with E-state index in [9.17, 15) is 4.79 Å². The number of piperidine rings is 1. The Balaban J connectivity index is 1.52. The second-order valence-electron chi connectivity index (χ2n) is 6.36. The highest BCUT2D eigenvalue weighted by Gasteiger charge is 2.29. The first-order valence-electron chi connectivity index (χ1n) is 8.59. The summed E-state index contributed by atoms with van der Waals surface area (Å²) in [4.78, 5) is 23.3. The minimum absolute atomic E-state index is 0.0650. The highest BCUT2D eigenvalue weighted by molar-refractivity contribution is 7.13. The van der Waals surface area contributed by atoms with Gasteiger partial charge in [-0.25, -0.2) is 9.97 Å². The number of carbonyl (C=O) groups is 1. The number of likely N-dealkylation sites (tertiary alicyclic amines) is 1. The topological polar surface area (TPSA) is 63.1 Å². The monoisotopic (exact) mass is 347 g/mol. The van der Waals surface area contributed by atoms with Crippen LogP contribution < -0.4 is 5.32 Å². The number of aromatic nitrogens is 3. The molecular weight excluding hydrogens is 322 g/mol. The molecule has 1 fully saturated rings. The van der Waals surface area contributed by atoms with Gasteiger partial charge < -0.3 is 9.88 Å². The first-order valence-corrected chi connectivity index (χ1v) is 9.47. The highest BCUT2D eigenvalue weighted by Crippen LogP contribution is 2.23. The predicted octanol–water partition coefficient (Wildman–Crippen LogP) is 2.78. The summed E-state index contributed by atoms with van der Waals surface area (Å²) in [5, 5.41) is 5.50. The Labute approximate surface area is 146 Å². The lowest BCUT2D eigenvalue weighted by atomic mass is 9.95. The second-order valence-corrected chi connectivity index (χ2v) is 7.25. The molecule has 6 nitrogen and oxygen atoms in total. The molecule has 2 aromatic rings. The Kier molecular flexibility index (Phi) is 5.63. The van der Waals surface area contributed by atoms with Crippen molar-refractivity contribution in [2.75, 3.05) is 18.4 Å². The quantitative estimate of drug-likeness (QED) is 0.873. The van der Waals surface area contributed by atoms with Crippen molar-refractivity contribution in [1.29, 1.82) is 0 Å². The zero-order chi connectivity index (χ0) is 16.9. The molecule has 2 aromatic heterocycles. The summed E-state index contributed by atoms with van der Waals surface area (Å²) in [6.45, 7) is 7.10. The number of carbonyl (C=O) groups excluding carboxylic acids is 1. The van der Waals surface area contributed by atoms with Crippen LogP contribution in [0.4, 0.5) is 5.13 Å². The van der Waals surface area contributed by atoms with Gasteiger partial charge in [-0.1, -0.05) is 6.92 Å². The number of aryl methyl sites for hydroxylation is 1. The van der Waals surface area contributed by atoms with Gasteiger partial charge in [-0.05, 0) is 45.2 Å². The summed E-state index contributed by atoms with van der Waals surface area (Å²) < 4.78 is 2.23. The predicted molar refractivity (Wildman–Crippen MR) is 96.1 cm³/mol. The zero-order valence-electron chi connectivity index (χ0n) is 14.3. The fourth-order valence-corrected chi connectivity index (χ4v) is 3.94. The number of thiazole rings is 1. The number of nitrogens with zero attached hydrogens (tertiary/aromatic N) is 4. The molecule has 1 saturated heterocycles. The maximum Gasteiger partial charge on any atom is 0.243 e. The van der Waals surface area contributed by atoms with Crippen molar-refractivity contribution in [3.63, 3.8) is 0 Å². The van der Waals surface area contributed by atoms with Gasteiger partial charge in [0.05, 0.1) is 6.04 Å². The molecule has 3 rings (SSSR count). The van der Waals surface area contributed by atoms with Crippen molar-refractivity contribution < 1.29 is 4.79 Å². The Morgan fingerprint density at radius 1 is 1.38 bits per heavy atom. The van der Waals surface area contributed by atoms with Crippen molar-refractivity contribution in [3.05, 3.63) is 29.8 Å². The molecule has 0 spiro atoms. The van der Waals surface area contributed by atoms with E-state index in [4.69, 9.17) is 0 Å². The number of imidazole rings is 1. The van der Waals surface area contributed by atoms with E-state index in [0.717, 1.165) is 44.7 Å². The molecule has 1 N–H and O–H groups in total. The summed E-state index contributed by atoms with van der Waals surface area (Å²) in [7, 11) is 0. The maximum atomic E-state index is 12.5. The lowest BCUT2D eigenvalue weighted by Crippen LogP contribution is -2.47. The minimum atomic E-state index is -0.0650. The van der Waals surface area contributed by atoms with E-state index in [2.05, 4.69) is 37.9 Å². The molecule has 0 radical (unpaired) electrons. The fraction of sp³-hybridized carbons (Fsp3) is 0.588. The average Bonchev–Trinajstić information content (AvgIpc) is 3.22. The molecular formula is C17H25N5OS. The van der Waals surface area contributed by atoms with Gasteiger partial charge >= 0.3 is 0 Å². The number of hydrogen-bond donors (Lipinski definition) is 1. The van der Waals surface area contributed by atoms with Crippen molar-refractivity contribution in [3.8, 4) is 0 Å². The van der Waals surface area contributed by atoms with Gasteiger partial charge in [-0.15, -0.1) is 11.3 Å². The van der Waals surface area contributed by atoms with Gasteiger partial charge in [0.25, 0.3) is 0 Å². The number of hydrogen-bond acceptors (Lipinski definition) is 5. The Morgan fingerprint density at radius 3 is 2.75 bits per heavy atom. The molecule has 24 heavy (non-hydrogen) atoms. The number of nitrogens with one attached hydrogen (secondary N) is 1. The summed E-state index contributed by atoms with van der Waals surface area (Å²) in [5.74, 6) is 1.80. The standard InChI is InChI=1S/C17H25N5OS/c1-3-15(16(23)20-17-19-7-11-24-17)21-8-4-14(5-9-21)12-22-10-6-18-13(22)2/h6-7,10-11,14-15H,3-5,8-9,12H2,1-2H3,(H,19,20,23)/t15-/m0/s1. The van der Waals surface area contributed by atoms with Crippen LogP contribution in [0.15, 0.2) is 24.0 Å². The van der Waals surface area contributed by atoms with Crippen LogP contribution >= 0.6 is 11.3 Å². The molecule has 1 amide bonds. The van der Waals surface area contributed by atoms with Crippen LogP contribution in [-0.2, 0) is 11.3 Å². The van der Waals surface area contributed by atoms with Crippen LogP contribution in [0.25, 0.3) is 0 Å². The van der Waals surface area contributed by atoms with Gasteiger partial charge in [-0.3, -0.25) is 9.69 Å². The van der Waals surface area contributed by atoms with E-state index in [0.29, 0.717) is 11.0 Å². The summed E-state index contributed by atoms with van der Waals surface area (Å²) in [5.41, 5.74) is 0. The van der Waals surface area contributed by atoms with Crippen LogP contribution in [-0.4, -0.2) is 44.5 Å². The van der Waals surface area contributed by atoms with Crippen molar-refractivity contribution in [2.45, 2.75) is 45.7 Å². The molecule has 7 heteroatoms. The molecule has 1 atom stereocenters. The fourth-order valence-electron chi connectivity index (χ4n) is 3.41. The number of anilines is 1. The summed E-state index contributed by atoms with van der Waals surface area (Å²) in [6.07, 6.45) is 8.70. The normalized spacial score (nSPS) is 17.8. The van der Waals surface area contributed by atoms with E-state index < -0.39 is 0 Å². The molecule has 1 aliphatic heterocycles. The molecule has 130 valence electrons. The van der Waals surface area contributed by atoms with Gasteiger partial charge in [0.1, 0.15) is 5.82 Å². The molecule has 1 aliphatic rings. The average molecular weight is 347 g/mol. The van der Waals surface area contributed by atoms with Crippen LogP contribution in [0, 0.1) is 12.8 Å². The molecule has 0 saturated carbocycles. The van der Waals surface area contributed by atoms with Crippen LogP contribution in [0.2, 0.25) is 0 Å². The summed E-state index contributed by atoms with van der Waals surface area (Å²) in [6, 6.07) is -0.0650. The van der Waals surface area contributed by atoms with Crippen LogP contribution in [0.1, 0.15) is 32.0 Å². The van der Waals surface area contributed by atoms with Crippen LogP contribution in [0.3, 0.4) is 0 Å². The smallest absolute Gasteiger partial charge is 0.243 e. The van der Waals surface area contributed by atoms with E-state index >= 15 is 0 Å². The van der Waals surface area contributed by atoms with Crippen molar-refractivity contribution in [2.24, 2.45) is 5.92 Å². The van der Waals surface area contributed by atoms with E-state index in [1.54, 1.807) is 6.20 Å². The Bertz CT molecular complexity index is 646. The van der Waals surface area contributed by atoms with Crippen LogP contribution in [0.5, 0.6) is 0 Å². The van der Waals surface area contributed by atoms with Gasteiger partial charge in [0.15, 0.2) is 5.13 Å². The molecule has 3 heterocycles. The highest BCUT2D eigenvalue weighted by atomic mass is 32.1. The van der Waals surface area contributed by atoms with Crippen molar-refractivity contribution >= 4 is 22.4 Å². The molecule has 0 aromatic carbocycles. The van der Waals surface area contributed by atoms with E-state index in [1.807, 2.05) is 18.5 Å². The largest absolute Gasteiger partial charge is 0.335 e. The Morgan fingerprint density at radius 2 is 2.17 bits per heavy atom. The first-order chi connectivity index (χ1) is 11.7. The third kappa shape index (κ3) is 4.02. The minimum Gasteiger partial charge on any atom is -0.335 e. The number of rotatable bonds is 6. The lowest BCUT2D eigenvalue weighted by molar-refractivity contribution is -0.122. The van der Waals surface area contributed by atoms with Gasteiger partial charge in [-0.2, -0.15) is 0 Å².